The normalized spacial score (nSPS) is 21.4. The summed E-state index contributed by atoms with van der Waals surface area (Å²) < 4.78 is 91.8. The van der Waals surface area contributed by atoms with Crippen LogP contribution < -0.4 is 16.0 Å². The minimum Gasteiger partial charge on any atom is -0.358 e. The molecule has 240 valence electrons. The molecule has 2 amide bonds. The van der Waals surface area contributed by atoms with E-state index in [1.807, 2.05) is 5.32 Å². The van der Waals surface area contributed by atoms with Crippen molar-refractivity contribution in [3.8, 4) is 0 Å². The quantitative estimate of drug-likeness (QED) is 0.0975. The lowest BCUT2D eigenvalue weighted by atomic mass is 10.0. The molecule has 1 saturated carbocycles. The topological polar surface area (TPSA) is 109 Å². The molecule has 0 radical (unpaired) electrons. The van der Waals surface area contributed by atoms with Gasteiger partial charge in [0.1, 0.15) is 27.8 Å². The summed E-state index contributed by atoms with van der Waals surface area (Å²) in [5.41, 5.74) is -2.48. The molecule has 0 spiro atoms. The van der Waals surface area contributed by atoms with Crippen molar-refractivity contribution in [2.45, 2.75) is 28.8 Å². The second kappa shape index (κ2) is 11.7. The summed E-state index contributed by atoms with van der Waals surface area (Å²) in [6.45, 7) is 0. The predicted molar refractivity (Wildman–Crippen MR) is 155 cm³/mol. The summed E-state index contributed by atoms with van der Waals surface area (Å²) in [4.78, 5) is 25.3. The van der Waals surface area contributed by atoms with Crippen molar-refractivity contribution in [3.05, 3.63) is 106 Å². The maximum absolute atomic E-state index is 15.1. The summed E-state index contributed by atoms with van der Waals surface area (Å²) in [7, 11) is 0. The maximum Gasteiger partial charge on any atom is 0.419 e. The molecule has 4 aromatic rings. The van der Waals surface area contributed by atoms with Gasteiger partial charge >= 0.3 is 6.18 Å². The van der Waals surface area contributed by atoms with Gasteiger partial charge in [-0.15, -0.1) is 23.2 Å². The van der Waals surface area contributed by atoms with E-state index in [0.29, 0.717) is 17.8 Å². The largest absolute Gasteiger partial charge is 0.419 e. The summed E-state index contributed by atoms with van der Waals surface area (Å²) in [6.07, 6.45) is -5.11. The van der Waals surface area contributed by atoms with Crippen molar-refractivity contribution in [1.82, 2.24) is 5.16 Å². The number of alkyl halides is 5. The van der Waals surface area contributed by atoms with Crippen LogP contribution in [-0.2, 0) is 10.9 Å². The Morgan fingerprint density at radius 2 is 1.65 bits per heavy atom. The van der Waals surface area contributed by atoms with E-state index in [1.54, 1.807) is 0 Å². The van der Waals surface area contributed by atoms with Crippen molar-refractivity contribution in [1.29, 1.82) is 0 Å². The van der Waals surface area contributed by atoms with E-state index in [9.17, 15) is 31.5 Å². The van der Waals surface area contributed by atoms with Crippen LogP contribution in [-0.4, -0.2) is 33.6 Å². The first kappa shape index (κ1) is 32.0. The molecule has 3 N–H and O–H groups in total. The Balaban J connectivity index is 1.14. The Morgan fingerprint density at radius 3 is 2.35 bits per heavy atom. The average molecular weight is 706 g/mol. The lowest BCUT2D eigenvalue weighted by Gasteiger charge is -2.13. The van der Waals surface area contributed by atoms with E-state index in [2.05, 4.69) is 20.3 Å². The molecule has 1 unspecified atom stereocenters. The number of hydrogen-bond acceptors (Lipinski definition) is 6. The number of carbonyl (C=O) groups excluding carboxylic acids is 2. The summed E-state index contributed by atoms with van der Waals surface area (Å²) in [5.74, 6) is -7.44. The van der Waals surface area contributed by atoms with Gasteiger partial charge in [0.25, 0.3) is 11.8 Å². The highest BCUT2D eigenvalue weighted by Gasteiger charge is 2.72. The minimum atomic E-state index is -4.91. The highest BCUT2D eigenvalue weighted by molar-refractivity contribution is 6.52. The van der Waals surface area contributed by atoms with Gasteiger partial charge in [0.05, 0.1) is 28.0 Å². The molecule has 2 heterocycles. The standard InChI is InChI=1S/C29H17Cl3F6N4O4/c30-15-3-2-12(40-27-24(45-27)21-20(28(21,31)32)11-1-4-16(33)14(9-11)29(36,37)38)10-13(15)25(43)41-18-6-5-17(34)23(22(18)35)42-26(44)19-7-8-39-46-19/h1-10,20-21,24,27,40H,(H,41,43)(H,42,44)/t20-,21+,24?,27+/m0/s1. The fourth-order valence-electron chi connectivity index (χ4n) is 5.07. The van der Waals surface area contributed by atoms with Crippen LogP contribution in [0.5, 0.6) is 0 Å². The van der Waals surface area contributed by atoms with Gasteiger partial charge in [-0.05, 0) is 48.0 Å². The van der Waals surface area contributed by atoms with Crippen molar-refractivity contribution >= 4 is 63.7 Å². The van der Waals surface area contributed by atoms with Gasteiger partial charge in [-0.2, -0.15) is 13.2 Å². The van der Waals surface area contributed by atoms with E-state index >= 15 is 4.39 Å². The zero-order valence-electron chi connectivity index (χ0n) is 22.6. The van der Waals surface area contributed by atoms with Gasteiger partial charge in [-0.3, -0.25) is 9.59 Å². The van der Waals surface area contributed by atoms with E-state index in [4.69, 9.17) is 39.5 Å². The lowest BCUT2D eigenvalue weighted by molar-refractivity contribution is -0.140. The van der Waals surface area contributed by atoms with E-state index in [0.717, 1.165) is 18.3 Å². The van der Waals surface area contributed by atoms with E-state index in [1.165, 1.54) is 30.3 Å². The number of nitrogens with one attached hydrogen (secondary N) is 3. The SMILES string of the molecule is O=C(Nc1c(F)ccc(NC(=O)c2cc(N[C@@H]3OC3[C@H]3[C@H](c4ccc(F)c(C(F)(F)F)c4)C3(Cl)Cl)ccc2Cl)c1F)c1ccno1. The van der Waals surface area contributed by atoms with Crippen molar-refractivity contribution in [3.63, 3.8) is 0 Å². The van der Waals surface area contributed by atoms with Gasteiger partial charge in [-0.1, -0.05) is 22.8 Å². The first-order valence-corrected chi connectivity index (χ1v) is 14.3. The highest BCUT2D eigenvalue weighted by Crippen LogP contribution is 2.69. The van der Waals surface area contributed by atoms with Crippen LogP contribution >= 0.6 is 34.8 Å². The maximum atomic E-state index is 15.1. The highest BCUT2D eigenvalue weighted by atomic mass is 35.5. The average Bonchev–Trinajstić information content (AvgIpc) is 3.75. The van der Waals surface area contributed by atoms with Gasteiger partial charge in [0.15, 0.2) is 12.0 Å². The number of anilines is 3. The van der Waals surface area contributed by atoms with Crippen LogP contribution in [0.1, 0.15) is 38.0 Å². The Hall–Kier alpha value is -3.98. The Bertz CT molecular complexity index is 1860. The number of rotatable bonds is 8. The summed E-state index contributed by atoms with van der Waals surface area (Å²) in [5, 5.41) is 10.6. The second-order valence-corrected chi connectivity index (χ2v) is 12.2. The second-order valence-electron chi connectivity index (χ2n) is 10.3. The smallest absolute Gasteiger partial charge is 0.358 e. The van der Waals surface area contributed by atoms with E-state index in [-0.39, 0.29) is 21.9 Å². The number of benzene rings is 3. The molecule has 3 aromatic carbocycles. The van der Waals surface area contributed by atoms with Gasteiger partial charge < -0.3 is 25.2 Å². The van der Waals surface area contributed by atoms with Crippen molar-refractivity contribution in [2.24, 2.45) is 5.92 Å². The lowest BCUT2D eigenvalue weighted by Crippen LogP contribution is -2.17. The van der Waals surface area contributed by atoms with Crippen molar-refractivity contribution < 1.29 is 45.2 Å². The molecule has 1 saturated heterocycles. The summed E-state index contributed by atoms with van der Waals surface area (Å²) in [6, 6.07) is 9.69. The molecule has 17 heteroatoms. The number of halogens is 9. The summed E-state index contributed by atoms with van der Waals surface area (Å²) >= 11 is 19.0. The molecule has 1 aliphatic heterocycles. The third kappa shape index (κ3) is 6.09. The Morgan fingerprint density at radius 1 is 0.913 bits per heavy atom. The third-order valence-electron chi connectivity index (χ3n) is 7.40. The molecule has 4 atom stereocenters. The number of ether oxygens (including phenoxy) is 1. The molecule has 0 bridgehead atoms. The van der Waals surface area contributed by atoms with Crippen LogP contribution in [0.4, 0.5) is 43.4 Å². The van der Waals surface area contributed by atoms with Gasteiger partial charge in [0.2, 0.25) is 5.76 Å². The van der Waals surface area contributed by atoms with Crippen LogP contribution in [0.15, 0.2) is 65.3 Å². The fraction of sp³-hybridized carbons (Fsp3) is 0.207. The Kier molecular flexibility index (Phi) is 8.12. The number of aromatic nitrogens is 1. The predicted octanol–water partition coefficient (Wildman–Crippen LogP) is 7.99. The molecule has 46 heavy (non-hydrogen) atoms. The first-order chi connectivity index (χ1) is 21.7. The zero-order chi connectivity index (χ0) is 33.1. The molecule has 1 aromatic heterocycles. The van der Waals surface area contributed by atoms with Crippen LogP contribution in [0, 0.1) is 23.4 Å². The minimum absolute atomic E-state index is 0.0303. The fourth-order valence-corrected chi connectivity index (χ4v) is 6.17. The number of epoxide rings is 1. The van der Waals surface area contributed by atoms with Crippen LogP contribution in [0.2, 0.25) is 5.02 Å². The number of amides is 2. The molecule has 2 fully saturated rings. The molecule has 1 aliphatic carbocycles. The molecule has 8 nitrogen and oxygen atoms in total. The van der Waals surface area contributed by atoms with Gasteiger partial charge in [-0.25, -0.2) is 13.2 Å². The molecule has 2 aliphatic rings. The van der Waals surface area contributed by atoms with Crippen molar-refractivity contribution in [2.75, 3.05) is 16.0 Å². The molecule has 6 rings (SSSR count). The van der Waals surface area contributed by atoms with Crippen LogP contribution in [0.3, 0.4) is 0 Å². The number of nitrogens with zero attached hydrogens (tertiary/aromatic N) is 1. The van der Waals surface area contributed by atoms with Gasteiger partial charge in [0, 0.05) is 23.6 Å². The number of carbonyl (C=O) groups is 2. The van der Waals surface area contributed by atoms with E-state index < -0.39 is 80.9 Å². The third-order valence-corrected chi connectivity index (χ3v) is 8.71. The Labute approximate surface area is 269 Å². The molecular weight excluding hydrogens is 689 g/mol. The molecular formula is C29H17Cl3F6N4O4. The zero-order valence-corrected chi connectivity index (χ0v) is 24.8. The monoisotopic (exact) mass is 704 g/mol. The van der Waals surface area contributed by atoms with Crippen LogP contribution in [0.25, 0.3) is 0 Å². The number of hydrogen-bond donors (Lipinski definition) is 3. The first-order valence-electron chi connectivity index (χ1n) is 13.1.